The first kappa shape index (κ1) is 24.4. The Balaban J connectivity index is 0.00000392. The monoisotopic (exact) mass is 409 g/mol. The number of aromatic carboxylic acids is 1. The van der Waals surface area contributed by atoms with Gasteiger partial charge in [-0.25, -0.2) is 4.79 Å². The van der Waals surface area contributed by atoms with Gasteiger partial charge < -0.3 is 11.8 Å². The third kappa shape index (κ3) is 8.61. The van der Waals surface area contributed by atoms with Gasteiger partial charge in [-0.05, 0) is 43.0 Å². The van der Waals surface area contributed by atoms with Gasteiger partial charge in [-0.1, -0.05) is 48.2 Å². The molecule has 0 heterocycles. The largest absolute Gasteiger partial charge is 1.00 e. The molecule has 2 aromatic carbocycles. The molecule has 2 rings (SSSR count). The van der Waals surface area contributed by atoms with Crippen molar-refractivity contribution >= 4 is 34.4 Å². The second-order valence-electron chi connectivity index (χ2n) is 6.25. The van der Waals surface area contributed by atoms with E-state index in [2.05, 4.69) is 17.4 Å². The van der Waals surface area contributed by atoms with E-state index in [0.717, 1.165) is 24.6 Å². The van der Waals surface area contributed by atoms with Gasteiger partial charge in [0.2, 0.25) is 5.91 Å². The van der Waals surface area contributed by atoms with Crippen LogP contribution in [0.15, 0.2) is 54.6 Å². The number of carbonyl (C=O) groups is 3. The Bertz CT molecular complexity index is 804. The van der Waals surface area contributed by atoms with E-state index in [1.54, 1.807) is 12.1 Å². The number of carboxylic acid groups (broad SMARTS) is 1. The average Bonchev–Trinajstić information content (AvgIpc) is 2.65. The number of aryl methyl sites for hydroxylation is 1. The van der Waals surface area contributed by atoms with E-state index in [-0.39, 0.29) is 53.5 Å². The second kappa shape index (κ2) is 12.8. The fourth-order valence-corrected chi connectivity index (χ4v) is 3.43. The minimum absolute atomic E-state index is 0. The topological polar surface area (TPSA) is 83.5 Å². The normalized spacial score (nSPS) is 11.2. The zero-order valence-corrected chi connectivity index (χ0v) is 19.0. The van der Waals surface area contributed by atoms with E-state index in [0.29, 0.717) is 17.9 Å². The summed E-state index contributed by atoms with van der Waals surface area (Å²) in [5, 5.41) is 11.8. The SMILES string of the molecule is CC(=O)SCC(CCCc1ccccc1)C(=O)Nc1cccc(C(=O)O)c1.[H-].[Na+]. The molecule has 0 saturated carbocycles. The van der Waals surface area contributed by atoms with Crippen molar-refractivity contribution in [1.82, 2.24) is 0 Å². The van der Waals surface area contributed by atoms with Gasteiger partial charge >= 0.3 is 35.5 Å². The third-order valence-electron chi connectivity index (χ3n) is 4.10. The van der Waals surface area contributed by atoms with Crippen molar-refractivity contribution in [1.29, 1.82) is 0 Å². The van der Waals surface area contributed by atoms with Crippen LogP contribution in [0.1, 0.15) is 37.1 Å². The molecule has 0 aliphatic heterocycles. The van der Waals surface area contributed by atoms with Crippen LogP contribution in [-0.4, -0.2) is 27.9 Å². The van der Waals surface area contributed by atoms with Gasteiger partial charge in [-0.15, -0.1) is 0 Å². The number of thioether (sulfide) groups is 1. The minimum atomic E-state index is -1.04. The van der Waals surface area contributed by atoms with E-state index in [9.17, 15) is 14.4 Å². The summed E-state index contributed by atoms with van der Waals surface area (Å²) in [5.74, 6) is -1.15. The summed E-state index contributed by atoms with van der Waals surface area (Å²) >= 11 is 1.14. The van der Waals surface area contributed by atoms with Crippen LogP contribution in [0.5, 0.6) is 0 Å². The Morgan fingerprint density at radius 3 is 2.46 bits per heavy atom. The molecule has 0 radical (unpaired) electrons. The number of benzene rings is 2. The number of hydrogen-bond donors (Lipinski definition) is 2. The van der Waals surface area contributed by atoms with Crippen LogP contribution in [0.25, 0.3) is 0 Å². The maximum absolute atomic E-state index is 12.7. The molecule has 1 amide bonds. The van der Waals surface area contributed by atoms with Crippen molar-refractivity contribution in [2.45, 2.75) is 26.2 Å². The Hall–Kier alpha value is -1.60. The van der Waals surface area contributed by atoms with Crippen molar-refractivity contribution in [3.63, 3.8) is 0 Å². The molecule has 0 aliphatic carbocycles. The van der Waals surface area contributed by atoms with Gasteiger partial charge in [0.05, 0.1) is 5.56 Å². The Labute approximate surface area is 193 Å². The van der Waals surface area contributed by atoms with Crippen LogP contribution >= 0.6 is 11.8 Å². The van der Waals surface area contributed by atoms with Crippen LogP contribution in [-0.2, 0) is 16.0 Å². The molecular formula is C21H24NNaO4S. The number of carbonyl (C=O) groups excluding carboxylic acids is 2. The first-order valence-corrected chi connectivity index (χ1v) is 9.76. The summed E-state index contributed by atoms with van der Waals surface area (Å²) in [4.78, 5) is 35.0. The number of carboxylic acids is 1. The average molecular weight is 409 g/mol. The van der Waals surface area contributed by atoms with Crippen LogP contribution in [0.4, 0.5) is 5.69 Å². The van der Waals surface area contributed by atoms with E-state index in [1.165, 1.54) is 24.6 Å². The Morgan fingerprint density at radius 2 is 1.82 bits per heavy atom. The first-order chi connectivity index (χ1) is 13.0. The van der Waals surface area contributed by atoms with E-state index < -0.39 is 5.97 Å². The molecular weight excluding hydrogens is 385 g/mol. The molecule has 7 heteroatoms. The summed E-state index contributed by atoms with van der Waals surface area (Å²) < 4.78 is 0. The van der Waals surface area contributed by atoms with Crippen LogP contribution in [0, 0.1) is 5.92 Å². The summed E-state index contributed by atoms with van der Waals surface area (Å²) in [7, 11) is 0. The molecule has 5 nitrogen and oxygen atoms in total. The Morgan fingerprint density at radius 1 is 1.11 bits per heavy atom. The predicted octanol–water partition coefficient (Wildman–Crippen LogP) is 1.36. The second-order valence-corrected chi connectivity index (χ2v) is 7.45. The van der Waals surface area contributed by atoms with Crippen LogP contribution in [0.2, 0.25) is 0 Å². The molecule has 0 saturated heterocycles. The molecule has 0 aromatic heterocycles. The summed E-state index contributed by atoms with van der Waals surface area (Å²) in [6.07, 6.45) is 2.35. The minimum Gasteiger partial charge on any atom is -1.00 e. The molecule has 0 spiro atoms. The number of anilines is 1. The van der Waals surface area contributed by atoms with Gasteiger partial charge in [0.1, 0.15) is 0 Å². The van der Waals surface area contributed by atoms with Crippen molar-refractivity contribution in [2.24, 2.45) is 5.92 Å². The molecule has 144 valence electrons. The van der Waals surface area contributed by atoms with Gasteiger partial charge in [-0.2, -0.15) is 0 Å². The Kier molecular flexibility index (Phi) is 11.2. The van der Waals surface area contributed by atoms with Crippen molar-refractivity contribution in [2.75, 3.05) is 11.1 Å². The van der Waals surface area contributed by atoms with Crippen LogP contribution < -0.4 is 34.9 Å². The predicted molar refractivity (Wildman–Crippen MR) is 109 cm³/mol. The fraction of sp³-hybridized carbons (Fsp3) is 0.286. The third-order valence-corrected chi connectivity index (χ3v) is 5.07. The quantitative estimate of drug-likeness (QED) is 0.611. The molecule has 1 unspecified atom stereocenters. The molecule has 2 aromatic rings. The van der Waals surface area contributed by atoms with Crippen molar-refractivity contribution < 1.29 is 50.5 Å². The molecule has 0 bridgehead atoms. The number of rotatable bonds is 9. The summed E-state index contributed by atoms with van der Waals surface area (Å²) in [5.41, 5.74) is 1.78. The summed E-state index contributed by atoms with van der Waals surface area (Å²) in [6.45, 7) is 1.49. The molecule has 1 atom stereocenters. The van der Waals surface area contributed by atoms with E-state index in [1.807, 2.05) is 18.2 Å². The van der Waals surface area contributed by atoms with E-state index >= 15 is 0 Å². The smallest absolute Gasteiger partial charge is 1.00 e. The van der Waals surface area contributed by atoms with Crippen LogP contribution in [0.3, 0.4) is 0 Å². The number of hydrogen-bond acceptors (Lipinski definition) is 4. The van der Waals surface area contributed by atoms with Crippen molar-refractivity contribution in [3.8, 4) is 0 Å². The van der Waals surface area contributed by atoms with Gasteiger partial charge in [0, 0.05) is 24.3 Å². The molecule has 0 fully saturated rings. The first-order valence-electron chi connectivity index (χ1n) is 8.77. The number of amides is 1. The maximum atomic E-state index is 12.7. The van der Waals surface area contributed by atoms with Gasteiger partial charge in [0.15, 0.2) is 5.12 Å². The summed E-state index contributed by atoms with van der Waals surface area (Å²) in [6, 6.07) is 16.2. The molecule has 2 N–H and O–H groups in total. The van der Waals surface area contributed by atoms with Crippen molar-refractivity contribution in [3.05, 3.63) is 65.7 Å². The fourth-order valence-electron chi connectivity index (χ4n) is 2.68. The number of nitrogens with one attached hydrogen (secondary N) is 1. The molecule has 28 heavy (non-hydrogen) atoms. The molecule has 0 aliphatic rings. The van der Waals surface area contributed by atoms with Gasteiger partial charge in [-0.3, -0.25) is 9.59 Å². The zero-order chi connectivity index (χ0) is 19.6. The standard InChI is InChI=1S/C21H23NO4S.Na.H/c1-15(23)27-14-18(11-5-9-16-7-3-2-4-8-16)20(24)22-19-12-6-10-17(13-19)21(25)26;;/h2-4,6-8,10,12-13,18H,5,9,11,14H2,1H3,(H,22,24)(H,25,26);;/q;+1;-1. The van der Waals surface area contributed by atoms with Gasteiger partial charge in [0.25, 0.3) is 0 Å². The van der Waals surface area contributed by atoms with E-state index in [4.69, 9.17) is 5.11 Å². The maximum Gasteiger partial charge on any atom is 1.00 e. The zero-order valence-electron chi connectivity index (χ0n) is 17.2.